The van der Waals surface area contributed by atoms with Crippen molar-refractivity contribution in [2.75, 3.05) is 4.72 Å². The van der Waals surface area contributed by atoms with Crippen LogP contribution in [0.15, 0.2) is 47.9 Å². The Morgan fingerprint density at radius 3 is 2.59 bits per heavy atom. The third-order valence-electron chi connectivity index (χ3n) is 5.48. The summed E-state index contributed by atoms with van der Waals surface area (Å²) in [6.45, 7) is 2.70. The van der Waals surface area contributed by atoms with Crippen LogP contribution in [0.5, 0.6) is 5.75 Å². The largest absolute Gasteiger partial charge is 0.490 e. The summed E-state index contributed by atoms with van der Waals surface area (Å²) < 4.78 is 64.5. The molecule has 4 rings (SSSR count). The minimum Gasteiger partial charge on any atom is -0.490 e. The molecule has 0 aliphatic heterocycles. The van der Waals surface area contributed by atoms with E-state index in [0.717, 1.165) is 49.8 Å². The SMILES string of the molecule is CCn1nccc1C1CCCC[C@@H]1Oc1cc(F)c(S(=O)(=O)Nc2ccncn2)c(F)c1. The van der Waals surface area contributed by atoms with Crippen molar-refractivity contribution >= 4 is 15.8 Å². The molecule has 1 saturated carbocycles. The van der Waals surface area contributed by atoms with E-state index < -0.39 is 26.6 Å². The average Bonchev–Trinajstić information content (AvgIpc) is 3.22. The molecule has 0 saturated heterocycles. The van der Waals surface area contributed by atoms with E-state index in [1.54, 1.807) is 6.20 Å². The molecule has 1 fully saturated rings. The van der Waals surface area contributed by atoms with Gasteiger partial charge in [0, 0.05) is 42.7 Å². The van der Waals surface area contributed by atoms with Crippen molar-refractivity contribution in [1.29, 1.82) is 0 Å². The summed E-state index contributed by atoms with van der Waals surface area (Å²) in [5.41, 5.74) is 1.02. The standard InChI is InChI=1S/C21H23F2N5O3S/c1-2-28-18(7-10-26-28)15-5-3-4-6-19(15)31-14-11-16(22)21(17(23)12-14)32(29,30)27-20-8-9-24-13-25-20/h7-13,15,19H,2-6H2,1H3,(H,24,25,27)/t15?,19-/m0/s1. The predicted octanol–water partition coefficient (Wildman–Crippen LogP) is 3.88. The van der Waals surface area contributed by atoms with Gasteiger partial charge in [-0.15, -0.1) is 0 Å². The third-order valence-corrected chi connectivity index (χ3v) is 6.89. The zero-order valence-electron chi connectivity index (χ0n) is 17.4. The Bertz CT molecular complexity index is 1160. The van der Waals surface area contributed by atoms with Crippen molar-refractivity contribution < 1.29 is 21.9 Å². The number of halogens is 2. The Morgan fingerprint density at radius 2 is 1.91 bits per heavy atom. The highest BCUT2D eigenvalue weighted by molar-refractivity contribution is 7.92. The van der Waals surface area contributed by atoms with E-state index in [1.165, 1.54) is 12.3 Å². The number of anilines is 1. The van der Waals surface area contributed by atoms with Gasteiger partial charge in [-0.1, -0.05) is 6.42 Å². The van der Waals surface area contributed by atoms with Crippen LogP contribution >= 0.6 is 0 Å². The highest BCUT2D eigenvalue weighted by Crippen LogP contribution is 2.36. The molecule has 32 heavy (non-hydrogen) atoms. The van der Waals surface area contributed by atoms with E-state index in [4.69, 9.17) is 4.74 Å². The lowest BCUT2D eigenvalue weighted by atomic mass is 9.84. The molecular weight excluding hydrogens is 440 g/mol. The molecule has 1 unspecified atom stereocenters. The van der Waals surface area contributed by atoms with Gasteiger partial charge in [0.25, 0.3) is 10.0 Å². The summed E-state index contributed by atoms with van der Waals surface area (Å²) in [6, 6.07) is 5.02. The monoisotopic (exact) mass is 463 g/mol. The van der Waals surface area contributed by atoms with Crippen molar-refractivity contribution in [2.45, 2.75) is 56.1 Å². The highest BCUT2D eigenvalue weighted by atomic mass is 32.2. The zero-order chi connectivity index (χ0) is 22.7. The number of nitrogens with one attached hydrogen (secondary N) is 1. The normalized spacial score (nSPS) is 19.0. The summed E-state index contributed by atoms with van der Waals surface area (Å²) in [5.74, 6) is -2.61. The van der Waals surface area contributed by atoms with Crippen LogP contribution in [0.1, 0.15) is 44.2 Å². The maximum Gasteiger partial charge on any atom is 0.268 e. The number of ether oxygens (including phenoxy) is 1. The number of aryl methyl sites for hydroxylation is 1. The summed E-state index contributed by atoms with van der Waals surface area (Å²) in [6.07, 6.45) is 7.40. The van der Waals surface area contributed by atoms with Crippen molar-refractivity contribution in [3.8, 4) is 5.75 Å². The lowest BCUT2D eigenvalue weighted by Crippen LogP contribution is -2.30. The maximum absolute atomic E-state index is 14.8. The fraction of sp³-hybridized carbons (Fsp3) is 0.381. The van der Waals surface area contributed by atoms with E-state index in [0.29, 0.717) is 6.54 Å². The second kappa shape index (κ2) is 9.19. The van der Waals surface area contributed by atoms with Gasteiger partial charge in [0.05, 0.1) is 0 Å². The third kappa shape index (κ3) is 4.57. The van der Waals surface area contributed by atoms with E-state index in [2.05, 4.69) is 15.1 Å². The molecule has 2 heterocycles. The fourth-order valence-electron chi connectivity index (χ4n) is 4.07. The van der Waals surface area contributed by atoms with Gasteiger partial charge in [-0.3, -0.25) is 9.40 Å². The van der Waals surface area contributed by atoms with Gasteiger partial charge in [-0.05, 0) is 38.3 Å². The van der Waals surface area contributed by atoms with E-state index >= 15 is 0 Å². The van der Waals surface area contributed by atoms with Crippen LogP contribution in [0.2, 0.25) is 0 Å². The van der Waals surface area contributed by atoms with Crippen LogP contribution in [0.25, 0.3) is 0 Å². The molecule has 0 radical (unpaired) electrons. The summed E-state index contributed by atoms with van der Waals surface area (Å²) in [4.78, 5) is 6.29. The van der Waals surface area contributed by atoms with Crippen LogP contribution in [-0.2, 0) is 16.6 Å². The molecule has 0 bridgehead atoms. The average molecular weight is 464 g/mol. The van der Waals surface area contributed by atoms with Gasteiger partial charge in [0.1, 0.15) is 35.6 Å². The number of benzene rings is 1. The highest BCUT2D eigenvalue weighted by Gasteiger charge is 2.32. The molecule has 0 amide bonds. The first-order valence-electron chi connectivity index (χ1n) is 10.3. The summed E-state index contributed by atoms with van der Waals surface area (Å²) in [5, 5.41) is 4.31. The Kier molecular flexibility index (Phi) is 6.35. The second-order valence-electron chi connectivity index (χ2n) is 7.54. The molecular formula is C21H23F2N5O3S. The lowest BCUT2D eigenvalue weighted by Gasteiger charge is -2.32. The maximum atomic E-state index is 14.8. The van der Waals surface area contributed by atoms with Crippen LogP contribution < -0.4 is 9.46 Å². The topological polar surface area (TPSA) is 99.0 Å². The molecule has 2 aromatic heterocycles. The zero-order valence-corrected chi connectivity index (χ0v) is 18.2. The molecule has 0 spiro atoms. The number of nitrogens with zero attached hydrogens (tertiary/aromatic N) is 4. The second-order valence-corrected chi connectivity index (χ2v) is 9.15. The Balaban J connectivity index is 1.59. The van der Waals surface area contributed by atoms with Crippen LogP contribution in [0.4, 0.5) is 14.6 Å². The van der Waals surface area contributed by atoms with Crippen molar-refractivity contribution in [3.63, 3.8) is 0 Å². The van der Waals surface area contributed by atoms with Gasteiger partial charge in [-0.2, -0.15) is 5.10 Å². The Morgan fingerprint density at radius 1 is 1.16 bits per heavy atom. The van der Waals surface area contributed by atoms with Gasteiger partial charge >= 0.3 is 0 Å². The van der Waals surface area contributed by atoms with E-state index in [1.807, 2.05) is 22.4 Å². The summed E-state index contributed by atoms with van der Waals surface area (Å²) >= 11 is 0. The molecule has 8 nitrogen and oxygen atoms in total. The Hall–Kier alpha value is -3.08. The molecule has 3 aromatic rings. The minimum absolute atomic E-state index is 0.0279. The summed E-state index contributed by atoms with van der Waals surface area (Å²) in [7, 11) is -4.54. The van der Waals surface area contributed by atoms with Gasteiger partial charge in [0.2, 0.25) is 0 Å². The van der Waals surface area contributed by atoms with Crippen molar-refractivity contribution in [1.82, 2.24) is 19.7 Å². The first-order valence-corrected chi connectivity index (χ1v) is 11.8. The number of hydrogen-bond acceptors (Lipinski definition) is 6. The van der Waals surface area contributed by atoms with Gasteiger partial charge in [0.15, 0.2) is 4.90 Å². The van der Waals surface area contributed by atoms with Crippen LogP contribution in [-0.4, -0.2) is 34.3 Å². The first-order chi connectivity index (χ1) is 15.4. The van der Waals surface area contributed by atoms with Gasteiger partial charge < -0.3 is 4.74 Å². The molecule has 1 N–H and O–H groups in total. The van der Waals surface area contributed by atoms with E-state index in [9.17, 15) is 17.2 Å². The minimum atomic E-state index is -4.54. The van der Waals surface area contributed by atoms with Crippen LogP contribution in [0, 0.1) is 11.6 Å². The first kappa shape index (κ1) is 22.1. The number of rotatable bonds is 7. The van der Waals surface area contributed by atoms with Crippen molar-refractivity contribution in [2.24, 2.45) is 0 Å². The molecule has 1 aliphatic carbocycles. The molecule has 1 aromatic carbocycles. The van der Waals surface area contributed by atoms with Crippen molar-refractivity contribution in [3.05, 3.63) is 60.3 Å². The molecule has 2 atom stereocenters. The molecule has 11 heteroatoms. The smallest absolute Gasteiger partial charge is 0.268 e. The number of hydrogen-bond donors (Lipinski definition) is 1. The number of aromatic nitrogens is 4. The lowest BCUT2D eigenvalue weighted by molar-refractivity contribution is 0.125. The Labute approximate surface area is 184 Å². The quantitative estimate of drug-likeness (QED) is 0.571. The van der Waals surface area contributed by atoms with E-state index in [-0.39, 0.29) is 23.6 Å². The van der Waals surface area contributed by atoms with Gasteiger partial charge in [-0.25, -0.2) is 27.2 Å². The fourth-order valence-corrected chi connectivity index (χ4v) is 5.20. The molecule has 1 aliphatic rings. The number of sulfonamides is 1. The molecule has 170 valence electrons. The van der Waals surface area contributed by atoms with Crippen LogP contribution in [0.3, 0.4) is 0 Å². The predicted molar refractivity (Wildman–Crippen MR) is 113 cm³/mol.